The van der Waals surface area contributed by atoms with Gasteiger partial charge in [0.2, 0.25) is 0 Å². The number of hydrogen-bond acceptors (Lipinski definition) is 0. The first-order valence-electron chi connectivity index (χ1n) is 12.2. The van der Waals surface area contributed by atoms with Gasteiger partial charge in [-0.2, -0.15) is 0 Å². The van der Waals surface area contributed by atoms with Crippen LogP contribution in [0.2, 0.25) is 0 Å². The van der Waals surface area contributed by atoms with Crippen LogP contribution >= 0.6 is 0 Å². The number of rotatable bonds is 8. The topological polar surface area (TPSA) is 0 Å². The number of hydrogen-bond donors (Lipinski definition) is 0. The van der Waals surface area contributed by atoms with Gasteiger partial charge in [-0.1, -0.05) is 93.9 Å². The molecule has 0 aromatic heterocycles. The summed E-state index contributed by atoms with van der Waals surface area (Å²) in [6.07, 6.45) is 9.97. The zero-order valence-electron chi connectivity index (χ0n) is 19.9. The summed E-state index contributed by atoms with van der Waals surface area (Å²) in [6, 6.07) is 21.5. The van der Waals surface area contributed by atoms with Crippen LogP contribution in [0.1, 0.15) is 85.8 Å². The van der Waals surface area contributed by atoms with E-state index in [0.717, 1.165) is 24.0 Å². The molecule has 0 N–H and O–H groups in total. The molecule has 0 nitrogen and oxygen atoms in total. The molecule has 0 aliphatic rings. The molecule has 1 heteroatoms. The highest BCUT2D eigenvalue weighted by Gasteiger charge is 2.00. The lowest BCUT2D eigenvalue weighted by molar-refractivity contribution is 0.607. The van der Waals surface area contributed by atoms with E-state index in [-0.39, 0.29) is 5.82 Å². The summed E-state index contributed by atoms with van der Waals surface area (Å²) < 4.78 is 14.5. The Kier molecular flexibility index (Phi) is 9.82. The Bertz CT molecular complexity index is 1130. The summed E-state index contributed by atoms with van der Waals surface area (Å²) in [5.74, 6) is 11.8. The van der Waals surface area contributed by atoms with Crippen molar-refractivity contribution >= 4 is 0 Å². The number of benzene rings is 3. The predicted octanol–water partition coefficient (Wildman–Crippen LogP) is 8.09. The molecule has 0 bridgehead atoms. The highest BCUT2D eigenvalue weighted by Crippen LogP contribution is 2.12. The van der Waals surface area contributed by atoms with E-state index in [9.17, 15) is 4.39 Å². The van der Waals surface area contributed by atoms with Gasteiger partial charge in [-0.15, -0.1) is 0 Å². The van der Waals surface area contributed by atoms with Crippen LogP contribution in [-0.4, -0.2) is 0 Å². The highest BCUT2D eigenvalue weighted by molar-refractivity contribution is 5.49. The molecule has 0 amide bonds. The summed E-state index contributed by atoms with van der Waals surface area (Å²) in [7, 11) is 0. The van der Waals surface area contributed by atoms with Gasteiger partial charge in [0, 0.05) is 16.7 Å². The number of unbranched alkanes of at least 4 members (excludes halogenated alkanes) is 5. The Labute approximate surface area is 199 Å². The molecule has 33 heavy (non-hydrogen) atoms. The maximum absolute atomic E-state index is 14.5. The molecule has 0 spiro atoms. The monoisotopic (exact) mass is 436 g/mol. The van der Waals surface area contributed by atoms with Crippen LogP contribution in [0.3, 0.4) is 0 Å². The normalized spacial score (nSPS) is 10.2. The first-order chi connectivity index (χ1) is 16.2. The standard InChI is InChI=1S/C32H33F/c1-3-5-6-7-8-9-10-27-15-17-29(18-16-27)21-23-31-24-22-30(25-32(31)33)20-19-28-13-11-26(4-2)12-14-28/h11-18,22,24-25H,3-10H2,1-2H3. The van der Waals surface area contributed by atoms with Gasteiger partial charge in [-0.3, -0.25) is 0 Å². The van der Waals surface area contributed by atoms with Crippen LogP contribution in [0.4, 0.5) is 4.39 Å². The lowest BCUT2D eigenvalue weighted by atomic mass is 10.0. The van der Waals surface area contributed by atoms with E-state index in [4.69, 9.17) is 0 Å². The van der Waals surface area contributed by atoms with E-state index in [1.807, 2.05) is 30.3 Å². The SMILES string of the molecule is CCCCCCCCc1ccc(C#Cc2ccc(C#Cc3ccc(CC)cc3)cc2F)cc1. The van der Waals surface area contributed by atoms with Crippen LogP contribution in [0.25, 0.3) is 0 Å². The molecule has 3 aromatic rings. The van der Waals surface area contributed by atoms with Crippen LogP contribution < -0.4 is 0 Å². The molecule has 0 atom stereocenters. The molecular weight excluding hydrogens is 403 g/mol. The Morgan fingerprint density at radius 2 is 1.12 bits per heavy atom. The molecule has 0 heterocycles. The summed E-state index contributed by atoms with van der Waals surface area (Å²) in [6.45, 7) is 4.37. The third kappa shape index (κ3) is 8.29. The molecule has 0 aliphatic heterocycles. The number of aryl methyl sites for hydroxylation is 2. The van der Waals surface area contributed by atoms with Crippen LogP contribution in [0.15, 0.2) is 66.7 Å². The third-order valence-corrected chi connectivity index (χ3v) is 5.80. The molecule has 168 valence electrons. The molecular formula is C32H33F. The van der Waals surface area contributed by atoms with Gasteiger partial charge in [0.25, 0.3) is 0 Å². The van der Waals surface area contributed by atoms with Crippen molar-refractivity contribution in [2.24, 2.45) is 0 Å². The highest BCUT2D eigenvalue weighted by atomic mass is 19.1. The van der Waals surface area contributed by atoms with Gasteiger partial charge in [0.05, 0.1) is 5.56 Å². The van der Waals surface area contributed by atoms with E-state index in [1.54, 1.807) is 6.07 Å². The van der Waals surface area contributed by atoms with Gasteiger partial charge < -0.3 is 0 Å². The van der Waals surface area contributed by atoms with Crippen LogP contribution in [0.5, 0.6) is 0 Å². The minimum absolute atomic E-state index is 0.338. The number of halogens is 1. The maximum atomic E-state index is 14.5. The third-order valence-electron chi connectivity index (χ3n) is 5.80. The second-order valence-corrected chi connectivity index (χ2v) is 8.46. The maximum Gasteiger partial charge on any atom is 0.140 e. The van der Waals surface area contributed by atoms with Crippen molar-refractivity contribution in [1.82, 2.24) is 0 Å². The average Bonchev–Trinajstić information content (AvgIpc) is 2.85. The minimum atomic E-state index is -0.338. The van der Waals surface area contributed by atoms with Gasteiger partial charge in [-0.25, -0.2) is 4.39 Å². The molecule has 0 saturated carbocycles. The van der Waals surface area contributed by atoms with Gasteiger partial charge in [-0.05, 0) is 72.9 Å². The lowest BCUT2D eigenvalue weighted by Gasteiger charge is -2.02. The zero-order valence-corrected chi connectivity index (χ0v) is 19.9. The smallest absolute Gasteiger partial charge is 0.140 e. The Hall–Kier alpha value is -3.29. The molecule has 0 saturated heterocycles. The lowest BCUT2D eigenvalue weighted by Crippen LogP contribution is -1.88. The van der Waals surface area contributed by atoms with Crippen LogP contribution in [0, 0.1) is 29.5 Å². The fourth-order valence-corrected chi connectivity index (χ4v) is 3.67. The van der Waals surface area contributed by atoms with Gasteiger partial charge in [0.15, 0.2) is 0 Å². The second kappa shape index (κ2) is 13.3. The molecule has 3 aromatic carbocycles. The van der Waals surface area contributed by atoms with Crippen molar-refractivity contribution in [3.8, 4) is 23.7 Å². The van der Waals surface area contributed by atoms with Crippen molar-refractivity contribution in [2.75, 3.05) is 0 Å². The summed E-state index contributed by atoms with van der Waals surface area (Å²) in [4.78, 5) is 0. The van der Waals surface area contributed by atoms with E-state index in [0.29, 0.717) is 11.1 Å². The molecule has 0 aliphatic carbocycles. The Morgan fingerprint density at radius 1 is 0.576 bits per heavy atom. The minimum Gasteiger partial charge on any atom is -0.206 e. The first-order valence-corrected chi connectivity index (χ1v) is 12.2. The summed E-state index contributed by atoms with van der Waals surface area (Å²) in [5, 5.41) is 0. The van der Waals surface area contributed by atoms with Gasteiger partial charge >= 0.3 is 0 Å². The zero-order chi connectivity index (χ0) is 23.3. The predicted molar refractivity (Wildman–Crippen MR) is 138 cm³/mol. The largest absolute Gasteiger partial charge is 0.206 e. The first kappa shape index (κ1) is 24.4. The van der Waals surface area contributed by atoms with Crippen molar-refractivity contribution < 1.29 is 4.39 Å². The summed E-state index contributed by atoms with van der Waals surface area (Å²) in [5.41, 5.74) is 5.49. The summed E-state index contributed by atoms with van der Waals surface area (Å²) >= 11 is 0. The average molecular weight is 437 g/mol. The Morgan fingerprint density at radius 3 is 1.76 bits per heavy atom. The fourth-order valence-electron chi connectivity index (χ4n) is 3.67. The van der Waals surface area contributed by atoms with Crippen molar-refractivity contribution in [3.63, 3.8) is 0 Å². The van der Waals surface area contributed by atoms with Crippen molar-refractivity contribution in [2.45, 2.75) is 65.2 Å². The van der Waals surface area contributed by atoms with E-state index in [2.05, 4.69) is 61.8 Å². The quantitative estimate of drug-likeness (QED) is 0.247. The molecule has 3 rings (SSSR count). The molecule has 0 radical (unpaired) electrons. The van der Waals surface area contributed by atoms with Gasteiger partial charge in [0.1, 0.15) is 5.82 Å². The molecule has 0 fully saturated rings. The van der Waals surface area contributed by atoms with E-state index in [1.165, 1.54) is 55.7 Å². The van der Waals surface area contributed by atoms with Crippen LogP contribution in [-0.2, 0) is 12.8 Å². The second-order valence-electron chi connectivity index (χ2n) is 8.46. The van der Waals surface area contributed by atoms with E-state index >= 15 is 0 Å². The van der Waals surface area contributed by atoms with Crippen molar-refractivity contribution in [1.29, 1.82) is 0 Å². The molecule has 0 unspecified atom stereocenters. The van der Waals surface area contributed by atoms with E-state index < -0.39 is 0 Å². The Balaban J connectivity index is 1.56. The van der Waals surface area contributed by atoms with Crippen molar-refractivity contribution in [3.05, 3.63) is 106 Å². The fraction of sp³-hybridized carbons (Fsp3) is 0.312.